The molecule has 0 aromatic rings. The van der Waals surface area contributed by atoms with Crippen LogP contribution in [0.25, 0.3) is 0 Å². The number of aliphatic hydroxyl groups excluding tert-OH is 1. The van der Waals surface area contributed by atoms with E-state index in [2.05, 4.69) is 106 Å². The molecule has 0 radical (unpaired) electrons. The fourth-order valence-corrected chi connectivity index (χ4v) is 8.19. The molecule has 0 aromatic carbocycles. The van der Waals surface area contributed by atoms with Crippen molar-refractivity contribution in [3.05, 3.63) is 109 Å². The van der Waals surface area contributed by atoms with Gasteiger partial charge in [-0.15, -0.1) is 0 Å². The van der Waals surface area contributed by atoms with E-state index < -0.39 is 64.4 Å². The summed E-state index contributed by atoms with van der Waals surface area (Å²) in [5.74, 6) is -1.64. The van der Waals surface area contributed by atoms with Crippen LogP contribution in [0.1, 0.15) is 226 Å². The molecule has 0 spiro atoms. The fraction of sp³-hybridized carbons (Fsp3) is 0.661. The Bertz CT molecular complexity index is 1660. The Balaban J connectivity index is 4.82. The Kier molecular flexibility index (Phi) is 52.5. The van der Waals surface area contributed by atoms with Crippen molar-refractivity contribution in [1.29, 1.82) is 0 Å². The van der Waals surface area contributed by atoms with Crippen molar-refractivity contribution in [1.82, 2.24) is 0 Å². The lowest BCUT2D eigenvalue weighted by Crippen LogP contribution is -2.30. The Morgan fingerprint density at radius 2 is 0.730 bits per heavy atom. The van der Waals surface area contributed by atoms with E-state index in [4.69, 9.17) is 23.3 Å². The molecule has 3 atom stereocenters. The Hall–Kier alpha value is -3.86. The van der Waals surface area contributed by atoms with E-state index in [1.54, 1.807) is 0 Å². The summed E-state index contributed by atoms with van der Waals surface area (Å²) >= 11 is 0. The van der Waals surface area contributed by atoms with Crippen molar-refractivity contribution < 1.29 is 52.2 Å². The number of ether oxygens (including phenoxy) is 3. The fourth-order valence-electron chi connectivity index (χ4n) is 7.41. The first-order chi connectivity index (χ1) is 36.2. The van der Waals surface area contributed by atoms with Gasteiger partial charge < -0.3 is 24.2 Å². The SMILES string of the molecule is CC/C=C\C/C=C\C/C=C\C/C=C\C/C=C\CCCC(=O)OC(COC(=O)CC/C=C\C/C=C\C/C=C\C/C=C\CC)COP(=O)(O)OCC(CO)OC(=O)CCCCCCCCCCCCCCCCCCC. The first kappa shape index (κ1) is 70.1. The maximum Gasteiger partial charge on any atom is 0.472 e. The molecular weight excluding hydrogens is 952 g/mol. The summed E-state index contributed by atoms with van der Waals surface area (Å²) in [6, 6.07) is 0. The molecule has 11 nitrogen and oxygen atoms in total. The molecule has 0 saturated carbocycles. The van der Waals surface area contributed by atoms with E-state index in [1.807, 2.05) is 24.3 Å². The number of unbranched alkanes of at least 4 members (excludes halogenated alkanes) is 17. The third kappa shape index (κ3) is 53.0. The maximum absolute atomic E-state index is 12.9. The summed E-state index contributed by atoms with van der Waals surface area (Å²) < 4.78 is 39.4. The van der Waals surface area contributed by atoms with E-state index >= 15 is 0 Å². The van der Waals surface area contributed by atoms with Crippen LogP contribution in [-0.4, -0.2) is 66.5 Å². The smallest absolute Gasteiger partial charge is 0.462 e. The largest absolute Gasteiger partial charge is 0.472 e. The van der Waals surface area contributed by atoms with Gasteiger partial charge in [0.1, 0.15) is 12.7 Å². The normalized spacial score (nSPS) is 14.2. The summed E-state index contributed by atoms with van der Waals surface area (Å²) in [7, 11) is -4.78. The number of phosphoric ester groups is 1. The first-order valence-corrected chi connectivity index (χ1v) is 30.3. The molecule has 74 heavy (non-hydrogen) atoms. The molecule has 0 aliphatic heterocycles. The molecule has 0 fully saturated rings. The van der Waals surface area contributed by atoms with Gasteiger partial charge in [-0.3, -0.25) is 23.4 Å². The van der Waals surface area contributed by atoms with Gasteiger partial charge in [-0.1, -0.05) is 233 Å². The predicted molar refractivity (Wildman–Crippen MR) is 307 cm³/mol. The van der Waals surface area contributed by atoms with Gasteiger partial charge in [0.2, 0.25) is 0 Å². The summed E-state index contributed by atoms with van der Waals surface area (Å²) in [6.07, 6.45) is 66.5. The summed E-state index contributed by atoms with van der Waals surface area (Å²) in [5.41, 5.74) is 0. The van der Waals surface area contributed by atoms with Crippen molar-refractivity contribution in [2.45, 2.75) is 238 Å². The second-order valence-electron chi connectivity index (χ2n) is 18.7. The molecule has 0 heterocycles. The Morgan fingerprint density at radius 3 is 1.14 bits per heavy atom. The molecule has 0 saturated heterocycles. The summed E-state index contributed by atoms with van der Waals surface area (Å²) in [5, 5.41) is 9.82. The topological polar surface area (TPSA) is 155 Å². The number of carbonyl (C=O) groups excluding carboxylic acids is 3. The Morgan fingerprint density at radius 1 is 0.392 bits per heavy atom. The molecule has 0 aliphatic rings. The van der Waals surface area contributed by atoms with Gasteiger partial charge in [-0.25, -0.2) is 4.57 Å². The third-order valence-electron chi connectivity index (χ3n) is 11.7. The third-order valence-corrected chi connectivity index (χ3v) is 12.7. The van der Waals surface area contributed by atoms with Gasteiger partial charge in [0, 0.05) is 19.3 Å². The molecule has 12 heteroatoms. The number of hydrogen-bond donors (Lipinski definition) is 2. The second kappa shape index (κ2) is 55.4. The van der Waals surface area contributed by atoms with Crippen LogP contribution < -0.4 is 0 Å². The average Bonchev–Trinajstić information content (AvgIpc) is 3.39. The molecule has 0 aliphatic carbocycles. The van der Waals surface area contributed by atoms with Crippen molar-refractivity contribution >= 4 is 25.7 Å². The highest BCUT2D eigenvalue weighted by Gasteiger charge is 2.28. The van der Waals surface area contributed by atoms with Crippen LogP contribution in [0.5, 0.6) is 0 Å². The van der Waals surface area contributed by atoms with E-state index in [9.17, 15) is 28.9 Å². The van der Waals surface area contributed by atoms with Crippen LogP contribution in [0, 0.1) is 0 Å². The molecule has 3 unspecified atom stereocenters. The first-order valence-electron chi connectivity index (χ1n) is 28.8. The monoisotopic (exact) mass is 1050 g/mol. The molecule has 2 N–H and O–H groups in total. The predicted octanol–water partition coefficient (Wildman–Crippen LogP) is 17.0. The maximum atomic E-state index is 12.9. The standard InChI is InChI=1S/C62H103O11P/c1-4-7-10-13-16-19-22-25-27-29-31-34-37-40-43-46-49-52-61(65)72-58(54-63)56-70-74(67,68)71-57-59(55-69-60(64)51-48-45-42-39-36-33-24-21-18-15-12-9-6-3)73-62(66)53-50-47-44-41-38-35-32-30-28-26-23-20-17-14-11-8-5-2/h8-9,11-12,17-18,20-21,26,28,32-33,35-36,41-42,44-45,58-59,63H,4-7,10,13-16,19,22-25,27,29-31,34,37-40,43,46-57H2,1-3H3,(H,67,68)/b11-8-,12-9-,20-17-,21-18-,28-26-,35-32-,36-33-,44-41-,45-42-. The minimum atomic E-state index is -4.78. The minimum Gasteiger partial charge on any atom is -0.462 e. The number of esters is 3. The van der Waals surface area contributed by atoms with Gasteiger partial charge in [0.05, 0.1) is 19.8 Å². The minimum absolute atomic E-state index is 0.0703. The van der Waals surface area contributed by atoms with Crippen LogP contribution in [-0.2, 0) is 42.2 Å². The van der Waals surface area contributed by atoms with Gasteiger partial charge in [-0.2, -0.15) is 0 Å². The van der Waals surface area contributed by atoms with E-state index in [0.717, 1.165) is 77.0 Å². The van der Waals surface area contributed by atoms with E-state index in [-0.39, 0.29) is 19.3 Å². The van der Waals surface area contributed by atoms with Crippen molar-refractivity contribution in [2.75, 3.05) is 26.4 Å². The van der Waals surface area contributed by atoms with Gasteiger partial charge in [0.15, 0.2) is 6.10 Å². The van der Waals surface area contributed by atoms with Crippen LogP contribution in [0.4, 0.5) is 0 Å². The van der Waals surface area contributed by atoms with E-state index in [1.165, 1.54) is 83.5 Å². The molecular formula is C62H103O11P. The molecule has 422 valence electrons. The highest BCUT2D eigenvalue weighted by atomic mass is 31.2. The van der Waals surface area contributed by atoms with Crippen molar-refractivity contribution in [3.8, 4) is 0 Å². The van der Waals surface area contributed by atoms with Crippen molar-refractivity contribution in [2.24, 2.45) is 0 Å². The number of phosphoric acid groups is 1. The second-order valence-corrected chi connectivity index (χ2v) is 20.1. The zero-order valence-corrected chi connectivity index (χ0v) is 47.4. The zero-order chi connectivity index (χ0) is 54.1. The van der Waals surface area contributed by atoms with Crippen LogP contribution in [0.3, 0.4) is 0 Å². The molecule has 0 aromatic heterocycles. The Labute approximate surface area is 450 Å². The highest BCUT2D eigenvalue weighted by molar-refractivity contribution is 7.47. The quantitative estimate of drug-likeness (QED) is 0.0197. The van der Waals surface area contributed by atoms with Crippen molar-refractivity contribution in [3.63, 3.8) is 0 Å². The van der Waals surface area contributed by atoms with Gasteiger partial charge in [0.25, 0.3) is 0 Å². The lowest BCUT2D eigenvalue weighted by Gasteiger charge is -2.21. The van der Waals surface area contributed by atoms with Crippen LogP contribution >= 0.6 is 7.82 Å². The van der Waals surface area contributed by atoms with E-state index in [0.29, 0.717) is 25.7 Å². The van der Waals surface area contributed by atoms with Gasteiger partial charge >= 0.3 is 25.7 Å². The lowest BCUT2D eigenvalue weighted by molar-refractivity contribution is -0.161. The number of aliphatic hydroxyl groups is 1. The zero-order valence-electron chi connectivity index (χ0n) is 46.5. The molecule has 0 rings (SSSR count). The number of carbonyl (C=O) groups is 3. The van der Waals surface area contributed by atoms with Gasteiger partial charge in [-0.05, 0) is 83.5 Å². The lowest BCUT2D eigenvalue weighted by atomic mass is 10.0. The highest BCUT2D eigenvalue weighted by Crippen LogP contribution is 2.43. The molecule has 0 amide bonds. The summed E-state index contributed by atoms with van der Waals surface area (Å²) in [6.45, 7) is 4.27. The number of allylic oxidation sites excluding steroid dienone is 18. The van der Waals surface area contributed by atoms with Crippen LogP contribution in [0.2, 0.25) is 0 Å². The molecule has 0 bridgehead atoms. The summed E-state index contributed by atoms with van der Waals surface area (Å²) in [4.78, 5) is 48.4. The number of rotatable bonds is 52. The average molecular weight is 1060 g/mol. The van der Waals surface area contributed by atoms with Crippen LogP contribution in [0.15, 0.2) is 109 Å². The number of hydrogen-bond acceptors (Lipinski definition) is 10.